The minimum absolute atomic E-state index is 0.168. The number of hydrogen-bond donors (Lipinski definition) is 1. The molecule has 0 aliphatic heterocycles. The third kappa shape index (κ3) is 4.49. The van der Waals surface area contributed by atoms with Gasteiger partial charge in [0, 0.05) is 18.4 Å². The summed E-state index contributed by atoms with van der Waals surface area (Å²) in [6.45, 7) is 11.2. The van der Waals surface area contributed by atoms with Crippen molar-refractivity contribution in [1.82, 2.24) is 0 Å². The second-order valence-electron chi connectivity index (χ2n) is 5.86. The number of aliphatic hydroxyl groups excluding tert-OH is 1. The second kappa shape index (κ2) is 7.63. The van der Waals surface area contributed by atoms with Gasteiger partial charge in [0.2, 0.25) is 0 Å². The summed E-state index contributed by atoms with van der Waals surface area (Å²) >= 11 is 0. The summed E-state index contributed by atoms with van der Waals surface area (Å²) in [5.74, 6) is 3.10. The van der Waals surface area contributed by atoms with Crippen LogP contribution in [-0.4, -0.2) is 18.3 Å². The Morgan fingerprint density at radius 1 is 1.50 bits per heavy atom. The van der Waals surface area contributed by atoms with Crippen molar-refractivity contribution in [2.45, 2.75) is 40.0 Å². The highest BCUT2D eigenvalue weighted by Crippen LogP contribution is 2.34. The molecule has 104 valence electrons. The zero-order valence-corrected chi connectivity index (χ0v) is 12.1. The van der Waals surface area contributed by atoms with Gasteiger partial charge < -0.3 is 9.84 Å². The number of allylic oxidation sites excluding steroid dienone is 3. The molecule has 1 rings (SSSR count). The minimum Gasteiger partial charge on any atom is -0.498 e. The van der Waals surface area contributed by atoms with Gasteiger partial charge in [-0.1, -0.05) is 26.8 Å². The van der Waals surface area contributed by atoms with Gasteiger partial charge in [0.05, 0.1) is 12.4 Å². The average Bonchev–Trinajstić information content (AvgIpc) is 2.34. The van der Waals surface area contributed by atoms with E-state index in [1.165, 1.54) is 12.8 Å². The summed E-state index contributed by atoms with van der Waals surface area (Å²) in [6, 6.07) is 0. The molecule has 0 saturated heterocycles. The monoisotopic (exact) mass is 252 g/mol. The fourth-order valence-corrected chi connectivity index (χ4v) is 2.53. The summed E-state index contributed by atoms with van der Waals surface area (Å²) < 4.78 is 5.99. The zero-order chi connectivity index (χ0) is 13.5. The third-order valence-electron chi connectivity index (χ3n) is 3.80. The molecule has 2 heteroatoms. The van der Waals surface area contributed by atoms with E-state index in [0.717, 1.165) is 12.2 Å². The Bertz CT molecular complexity index is 281. The van der Waals surface area contributed by atoms with Gasteiger partial charge in [-0.2, -0.15) is 0 Å². The van der Waals surface area contributed by atoms with E-state index < -0.39 is 0 Å². The molecule has 0 radical (unpaired) electrons. The van der Waals surface area contributed by atoms with Gasteiger partial charge in [0.25, 0.3) is 0 Å². The smallest absolute Gasteiger partial charge is 0.0956 e. The van der Waals surface area contributed by atoms with Crippen LogP contribution >= 0.6 is 0 Å². The van der Waals surface area contributed by atoms with Crippen LogP contribution in [-0.2, 0) is 4.74 Å². The average molecular weight is 252 g/mol. The normalized spacial score (nSPS) is 25.7. The van der Waals surface area contributed by atoms with E-state index >= 15 is 0 Å². The van der Waals surface area contributed by atoms with Gasteiger partial charge in [-0.25, -0.2) is 0 Å². The molecule has 1 N–H and O–H groups in total. The maximum Gasteiger partial charge on any atom is 0.0956 e. The van der Waals surface area contributed by atoms with Crippen LogP contribution in [0.15, 0.2) is 24.5 Å². The Morgan fingerprint density at radius 3 is 2.78 bits per heavy atom. The molecule has 1 aliphatic carbocycles. The van der Waals surface area contributed by atoms with Gasteiger partial charge in [-0.05, 0) is 37.2 Å². The van der Waals surface area contributed by atoms with Crippen LogP contribution in [0.4, 0.5) is 0 Å². The highest BCUT2D eigenvalue weighted by atomic mass is 16.5. The lowest BCUT2D eigenvalue weighted by Crippen LogP contribution is -2.22. The quantitative estimate of drug-likeness (QED) is 0.699. The molecule has 0 bridgehead atoms. The highest BCUT2D eigenvalue weighted by molar-refractivity contribution is 5.06. The number of aliphatic hydroxyl groups is 1. The first kappa shape index (κ1) is 15.3. The molecule has 18 heavy (non-hydrogen) atoms. The predicted octanol–water partition coefficient (Wildman–Crippen LogP) is 3.77. The molecule has 0 amide bonds. The van der Waals surface area contributed by atoms with Crippen molar-refractivity contribution in [1.29, 1.82) is 0 Å². The fraction of sp³-hybridized carbons (Fsp3) is 0.750. The molecule has 0 heterocycles. The van der Waals surface area contributed by atoms with Crippen LogP contribution in [0.25, 0.3) is 0 Å². The molecule has 0 aromatic rings. The van der Waals surface area contributed by atoms with Crippen molar-refractivity contribution in [3.63, 3.8) is 0 Å². The molecular formula is C16H28O2. The summed E-state index contributed by atoms with van der Waals surface area (Å²) in [7, 11) is 0. The minimum atomic E-state index is 0.168. The van der Waals surface area contributed by atoms with Crippen LogP contribution in [0.2, 0.25) is 0 Å². The first-order chi connectivity index (χ1) is 8.58. The molecule has 0 saturated carbocycles. The number of rotatable bonds is 7. The summed E-state index contributed by atoms with van der Waals surface area (Å²) in [4.78, 5) is 0. The van der Waals surface area contributed by atoms with E-state index in [-0.39, 0.29) is 12.5 Å². The van der Waals surface area contributed by atoms with Gasteiger partial charge in [0.15, 0.2) is 0 Å². The Balaban J connectivity index is 2.58. The van der Waals surface area contributed by atoms with E-state index in [0.29, 0.717) is 24.4 Å². The highest BCUT2D eigenvalue weighted by Gasteiger charge is 2.25. The Kier molecular flexibility index (Phi) is 6.48. The van der Waals surface area contributed by atoms with Gasteiger partial charge in [0.1, 0.15) is 0 Å². The molecule has 0 aromatic heterocycles. The van der Waals surface area contributed by atoms with E-state index in [1.807, 2.05) is 6.08 Å². The lowest BCUT2D eigenvalue weighted by molar-refractivity contribution is 0.0871. The van der Waals surface area contributed by atoms with Crippen molar-refractivity contribution in [3.05, 3.63) is 24.5 Å². The molecule has 1 aliphatic rings. The first-order valence-electron chi connectivity index (χ1n) is 7.14. The van der Waals surface area contributed by atoms with Gasteiger partial charge >= 0.3 is 0 Å². The van der Waals surface area contributed by atoms with Crippen LogP contribution in [0, 0.1) is 23.7 Å². The van der Waals surface area contributed by atoms with Crippen LogP contribution in [0.5, 0.6) is 0 Å². The summed E-state index contributed by atoms with van der Waals surface area (Å²) in [5, 5.41) is 9.27. The second-order valence-corrected chi connectivity index (χ2v) is 5.86. The number of hydrogen-bond acceptors (Lipinski definition) is 2. The molecule has 0 fully saturated rings. The largest absolute Gasteiger partial charge is 0.498 e. The maximum absolute atomic E-state index is 9.27. The topological polar surface area (TPSA) is 29.5 Å². The van der Waals surface area contributed by atoms with Crippen molar-refractivity contribution in [2.75, 3.05) is 13.2 Å². The van der Waals surface area contributed by atoms with Crippen LogP contribution < -0.4 is 0 Å². The molecular weight excluding hydrogens is 224 g/mol. The number of ether oxygens (including phenoxy) is 1. The van der Waals surface area contributed by atoms with E-state index in [1.54, 1.807) is 0 Å². The summed E-state index contributed by atoms with van der Waals surface area (Å²) in [6.07, 6.45) is 7.41. The summed E-state index contributed by atoms with van der Waals surface area (Å²) in [5.41, 5.74) is 0. The molecule has 0 aromatic carbocycles. The maximum atomic E-state index is 9.27. The van der Waals surface area contributed by atoms with Crippen molar-refractivity contribution >= 4 is 0 Å². The fourth-order valence-electron chi connectivity index (χ4n) is 2.53. The molecule has 2 nitrogen and oxygen atoms in total. The Labute approximate surface area is 112 Å². The Morgan fingerprint density at radius 2 is 2.22 bits per heavy atom. The lowest BCUT2D eigenvalue weighted by Gasteiger charge is -2.30. The van der Waals surface area contributed by atoms with E-state index in [9.17, 15) is 5.11 Å². The van der Waals surface area contributed by atoms with Crippen LogP contribution in [0.1, 0.15) is 40.0 Å². The molecule has 3 unspecified atom stereocenters. The first-order valence-corrected chi connectivity index (χ1v) is 7.14. The molecule has 3 atom stereocenters. The zero-order valence-electron chi connectivity index (χ0n) is 12.1. The SMILES string of the molecule is C=CCC(CO)COC1=CC(C)CCC1C(C)C. The van der Waals surface area contributed by atoms with Crippen molar-refractivity contribution in [3.8, 4) is 0 Å². The Hall–Kier alpha value is -0.760. The van der Waals surface area contributed by atoms with Crippen LogP contribution in [0.3, 0.4) is 0 Å². The van der Waals surface area contributed by atoms with Crippen molar-refractivity contribution < 1.29 is 9.84 Å². The molecule has 0 spiro atoms. The third-order valence-corrected chi connectivity index (χ3v) is 3.80. The standard InChI is InChI=1S/C16H28O2/c1-5-6-14(10-17)11-18-16-9-13(4)7-8-15(16)12(2)3/h5,9,12-15,17H,1,6-8,10-11H2,2-4H3. The van der Waals surface area contributed by atoms with Gasteiger partial charge in [-0.15, -0.1) is 6.58 Å². The van der Waals surface area contributed by atoms with Crippen molar-refractivity contribution in [2.24, 2.45) is 23.7 Å². The van der Waals surface area contributed by atoms with E-state index in [2.05, 4.69) is 33.4 Å². The predicted molar refractivity (Wildman–Crippen MR) is 76.2 cm³/mol. The lowest BCUT2D eigenvalue weighted by atomic mass is 9.81. The van der Waals surface area contributed by atoms with E-state index in [4.69, 9.17) is 4.74 Å². The van der Waals surface area contributed by atoms with Gasteiger partial charge in [-0.3, -0.25) is 0 Å².